The highest BCUT2D eigenvalue weighted by Gasteiger charge is 2.32. The molecule has 3 nitrogen and oxygen atoms in total. The fraction of sp³-hybridized carbons (Fsp3) is 0.316. The lowest BCUT2D eigenvalue weighted by Gasteiger charge is -2.30. The highest BCUT2D eigenvalue weighted by atomic mass is 79.9. The summed E-state index contributed by atoms with van der Waals surface area (Å²) in [7, 11) is 0. The topological polar surface area (TPSA) is 29.5 Å². The molecule has 2 aromatic carbocycles. The molecule has 0 spiro atoms. The van der Waals surface area contributed by atoms with Gasteiger partial charge in [0.2, 0.25) is 0 Å². The summed E-state index contributed by atoms with van der Waals surface area (Å²) < 4.78 is 6.82. The van der Waals surface area contributed by atoms with Gasteiger partial charge in [-0.3, -0.25) is 4.79 Å². The molecule has 2 atom stereocenters. The molecule has 1 aliphatic rings. The predicted molar refractivity (Wildman–Crippen MR) is 94.0 cm³/mol. The van der Waals surface area contributed by atoms with E-state index in [0.29, 0.717) is 6.61 Å². The molecule has 4 heteroatoms. The van der Waals surface area contributed by atoms with Gasteiger partial charge in [-0.2, -0.15) is 0 Å². The number of ether oxygens (including phenoxy) is 1. The minimum Gasteiger partial charge on any atom is -0.364 e. The molecule has 120 valence electrons. The van der Waals surface area contributed by atoms with Crippen molar-refractivity contribution in [1.29, 1.82) is 0 Å². The van der Waals surface area contributed by atoms with Gasteiger partial charge in [0.25, 0.3) is 5.91 Å². The molecule has 0 radical (unpaired) electrons. The van der Waals surface area contributed by atoms with Crippen LogP contribution >= 0.6 is 15.9 Å². The van der Waals surface area contributed by atoms with Crippen LogP contribution in [0, 0.1) is 0 Å². The maximum absolute atomic E-state index is 13.1. The summed E-state index contributed by atoms with van der Waals surface area (Å²) in [5, 5.41) is 0. The average molecular weight is 374 g/mol. The number of carbonyl (C=O) groups is 1. The number of amides is 1. The van der Waals surface area contributed by atoms with Crippen molar-refractivity contribution >= 4 is 21.8 Å². The zero-order chi connectivity index (χ0) is 16.2. The Kier molecular flexibility index (Phi) is 5.13. The van der Waals surface area contributed by atoms with E-state index in [1.165, 1.54) is 0 Å². The normalized spacial score (nSPS) is 20.2. The fourth-order valence-electron chi connectivity index (χ4n) is 2.97. The van der Waals surface area contributed by atoms with Gasteiger partial charge in [0.1, 0.15) is 0 Å². The predicted octanol–water partition coefficient (Wildman–Crippen LogP) is 4.50. The van der Waals surface area contributed by atoms with E-state index < -0.39 is 6.10 Å². The molecule has 0 bridgehead atoms. The number of hydrogen-bond acceptors (Lipinski definition) is 2. The minimum atomic E-state index is -0.527. The summed E-state index contributed by atoms with van der Waals surface area (Å²) in [6, 6.07) is 18.0. The van der Waals surface area contributed by atoms with Crippen LogP contribution in [0.5, 0.6) is 0 Å². The van der Waals surface area contributed by atoms with Crippen molar-refractivity contribution in [2.75, 3.05) is 13.2 Å². The standard InChI is InChI=1S/C19H20BrNO2/c1-14(15-7-3-2-4-8-15)21-11-6-12-23-18(19(21)22)16-9-5-10-17(20)13-16/h2-5,7-10,13-14,18H,6,11-12H2,1H3/t14-,18+/m1/s1. The summed E-state index contributed by atoms with van der Waals surface area (Å²) in [4.78, 5) is 15.0. The lowest BCUT2D eigenvalue weighted by Crippen LogP contribution is -2.36. The zero-order valence-corrected chi connectivity index (χ0v) is 14.7. The number of benzene rings is 2. The Morgan fingerprint density at radius 2 is 1.96 bits per heavy atom. The first kappa shape index (κ1) is 16.2. The van der Waals surface area contributed by atoms with Crippen LogP contribution in [0.4, 0.5) is 0 Å². The third-order valence-corrected chi connectivity index (χ3v) is 4.73. The first-order chi connectivity index (χ1) is 11.2. The van der Waals surface area contributed by atoms with Gasteiger partial charge in [-0.1, -0.05) is 58.4 Å². The Bertz CT molecular complexity index is 674. The van der Waals surface area contributed by atoms with Crippen LogP contribution in [-0.4, -0.2) is 24.0 Å². The molecule has 1 amide bonds. The van der Waals surface area contributed by atoms with Crippen LogP contribution in [0.3, 0.4) is 0 Å². The van der Waals surface area contributed by atoms with Crippen molar-refractivity contribution < 1.29 is 9.53 Å². The first-order valence-electron chi connectivity index (χ1n) is 7.89. The maximum atomic E-state index is 13.1. The molecule has 1 aliphatic heterocycles. The summed E-state index contributed by atoms with van der Waals surface area (Å²) in [6.07, 6.45) is 0.328. The summed E-state index contributed by atoms with van der Waals surface area (Å²) in [5.74, 6) is 0.0388. The first-order valence-corrected chi connectivity index (χ1v) is 8.68. The van der Waals surface area contributed by atoms with E-state index in [1.807, 2.05) is 47.4 Å². The van der Waals surface area contributed by atoms with Gasteiger partial charge in [0.15, 0.2) is 6.10 Å². The van der Waals surface area contributed by atoms with Crippen molar-refractivity contribution in [1.82, 2.24) is 4.90 Å². The number of nitrogens with zero attached hydrogens (tertiary/aromatic N) is 1. The third kappa shape index (κ3) is 3.65. The summed E-state index contributed by atoms with van der Waals surface area (Å²) >= 11 is 3.47. The lowest BCUT2D eigenvalue weighted by molar-refractivity contribution is -0.143. The van der Waals surface area contributed by atoms with E-state index in [4.69, 9.17) is 4.74 Å². The molecule has 1 heterocycles. The maximum Gasteiger partial charge on any atom is 0.256 e. The second-order valence-corrected chi connectivity index (χ2v) is 6.69. The summed E-state index contributed by atoms with van der Waals surface area (Å²) in [6.45, 7) is 3.40. The average Bonchev–Trinajstić information content (AvgIpc) is 2.77. The minimum absolute atomic E-state index is 0.0388. The van der Waals surface area contributed by atoms with Gasteiger partial charge >= 0.3 is 0 Å². The Labute approximate surface area is 145 Å². The highest BCUT2D eigenvalue weighted by molar-refractivity contribution is 9.10. The van der Waals surface area contributed by atoms with Crippen LogP contribution < -0.4 is 0 Å². The van der Waals surface area contributed by atoms with Crippen LogP contribution in [0.1, 0.15) is 36.6 Å². The molecule has 2 aromatic rings. The van der Waals surface area contributed by atoms with Gasteiger partial charge < -0.3 is 9.64 Å². The molecule has 3 rings (SSSR count). The van der Waals surface area contributed by atoms with Crippen LogP contribution in [0.2, 0.25) is 0 Å². The van der Waals surface area contributed by atoms with Gasteiger partial charge in [-0.05, 0) is 36.6 Å². The molecule has 1 saturated heterocycles. The lowest BCUT2D eigenvalue weighted by atomic mass is 10.0. The number of carbonyl (C=O) groups excluding carboxylic acids is 1. The molecular formula is C19H20BrNO2. The van der Waals surface area contributed by atoms with Crippen molar-refractivity contribution in [3.05, 3.63) is 70.2 Å². The van der Waals surface area contributed by atoms with E-state index in [-0.39, 0.29) is 11.9 Å². The largest absolute Gasteiger partial charge is 0.364 e. The third-order valence-electron chi connectivity index (χ3n) is 4.24. The Hall–Kier alpha value is -1.65. The van der Waals surface area contributed by atoms with Gasteiger partial charge in [0.05, 0.1) is 6.04 Å². The quantitative estimate of drug-likeness (QED) is 0.792. The van der Waals surface area contributed by atoms with Crippen molar-refractivity contribution in [3.8, 4) is 0 Å². The molecule has 1 fully saturated rings. The second kappa shape index (κ2) is 7.28. The van der Waals surface area contributed by atoms with E-state index in [2.05, 4.69) is 35.0 Å². The van der Waals surface area contributed by atoms with Gasteiger partial charge in [0, 0.05) is 17.6 Å². The van der Waals surface area contributed by atoms with Crippen LogP contribution in [0.15, 0.2) is 59.1 Å². The molecular weight excluding hydrogens is 354 g/mol. The summed E-state index contributed by atoms with van der Waals surface area (Å²) in [5.41, 5.74) is 2.05. The molecule has 0 unspecified atom stereocenters. The number of rotatable bonds is 3. The monoisotopic (exact) mass is 373 g/mol. The smallest absolute Gasteiger partial charge is 0.256 e. The fourth-order valence-corrected chi connectivity index (χ4v) is 3.39. The van der Waals surface area contributed by atoms with E-state index in [0.717, 1.165) is 28.6 Å². The SMILES string of the molecule is C[C@H](c1ccccc1)N1CCCO[C@@H](c2cccc(Br)c2)C1=O. The van der Waals surface area contributed by atoms with Crippen LogP contribution in [0.25, 0.3) is 0 Å². The van der Waals surface area contributed by atoms with Gasteiger partial charge in [-0.25, -0.2) is 0 Å². The molecule has 0 aromatic heterocycles. The number of hydrogen-bond donors (Lipinski definition) is 0. The highest BCUT2D eigenvalue weighted by Crippen LogP contribution is 2.30. The second-order valence-electron chi connectivity index (χ2n) is 5.78. The van der Waals surface area contributed by atoms with Crippen molar-refractivity contribution in [3.63, 3.8) is 0 Å². The molecule has 0 saturated carbocycles. The van der Waals surface area contributed by atoms with E-state index in [9.17, 15) is 4.79 Å². The Morgan fingerprint density at radius 3 is 2.70 bits per heavy atom. The van der Waals surface area contributed by atoms with Crippen molar-refractivity contribution in [2.45, 2.75) is 25.5 Å². The zero-order valence-electron chi connectivity index (χ0n) is 13.1. The van der Waals surface area contributed by atoms with Crippen molar-refractivity contribution in [2.24, 2.45) is 0 Å². The van der Waals surface area contributed by atoms with Crippen LogP contribution in [-0.2, 0) is 9.53 Å². The van der Waals surface area contributed by atoms with Gasteiger partial charge in [-0.15, -0.1) is 0 Å². The Morgan fingerprint density at radius 1 is 1.17 bits per heavy atom. The number of halogens is 1. The van der Waals surface area contributed by atoms with E-state index >= 15 is 0 Å². The van der Waals surface area contributed by atoms with E-state index in [1.54, 1.807) is 0 Å². The molecule has 0 aliphatic carbocycles. The molecule has 0 N–H and O–H groups in total. The molecule has 23 heavy (non-hydrogen) atoms. The Balaban J connectivity index is 1.88.